The molecule has 6 nitrogen and oxygen atoms in total. The van der Waals surface area contributed by atoms with Crippen LogP contribution >= 0.6 is 0 Å². The summed E-state index contributed by atoms with van der Waals surface area (Å²) in [4.78, 5) is 11.6. The third kappa shape index (κ3) is 3.05. The Morgan fingerprint density at radius 1 is 1.32 bits per heavy atom. The van der Waals surface area contributed by atoms with Gasteiger partial charge in [0, 0.05) is 18.8 Å². The molecule has 19 heavy (non-hydrogen) atoms. The van der Waals surface area contributed by atoms with Gasteiger partial charge >= 0.3 is 0 Å². The maximum absolute atomic E-state index is 12.5. The topological polar surface area (TPSA) is 92.5 Å². The van der Waals surface area contributed by atoms with Crippen LogP contribution in [0.1, 0.15) is 12.0 Å². The fourth-order valence-corrected chi connectivity index (χ4v) is 3.63. The second-order valence-electron chi connectivity index (χ2n) is 4.62. The number of anilines is 1. The van der Waals surface area contributed by atoms with Crippen LogP contribution in [0, 0.1) is 6.92 Å². The van der Waals surface area contributed by atoms with Crippen molar-refractivity contribution in [2.45, 2.75) is 18.2 Å². The second kappa shape index (κ2) is 5.18. The number of rotatable bonds is 2. The first-order chi connectivity index (χ1) is 8.89. The number of nitrogens with zero attached hydrogens (tertiary/aromatic N) is 1. The molecule has 1 saturated heterocycles. The Hall–Kier alpha value is -1.60. The number of hydrogen-bond donors (Lipinski definition) is 2. The Balaban J connectivity index is 2.37. The van der Waals surface area contributed by atoms with Crippen molar-refractivity contribution in [3.8, 4) is 0 Å². The Morgan fingerprint density at radius 3 is 2.74 bits per heavy atom. The van der Waals surface area contributed by atoms with E-state index in [0.717, 1.165) is 5.56 Å². The molecule has 1 heterocycles. The minimum Gasteiger partial charge on any atom is -0.399 e. The maximum Gasteiger partial charge on any atom is 0.243 e. The van der Waals surface area contributed by atoms with Gasteiger partial charge in [-0.05, 0) is 37.1 Å². The molecule has 1 amide bonds. The van der Waals surface area contributed by atoms with Gasteiger partial charge in [0.2, 0.25) is 15.9 Å². The Morgan fingerprint density at radius 2 is 2.05 bits per heavy atom. The summed E-state index contributed by atoms with van der Waals surface area (Å²) in [5.41, 5.74) is 6.86. The zero-order valence-electron chi connectivity index (χ0n) is 10.7. The summed E-state index contributed by atoms with van der Waals surface area (Å²) in [6.07, 6.45) is 0.603. The van der Waals surface area contributed by atoms with E-state index in [2.05, 4.69) is 5.32 Å². The monoisotopic (exact) mass is 283 g/mol. The van der Waals surface area contributed by atoms with Crippen LogP contribution in [-0.4, -0.2) is 38.3 Å². The number of nitrogens with two attached hydrogens (primary N) is 1. The predicted octanol–water partition coefficient (Wildman–Crippen LogP) is 0.0878. The van der Waals surface area contributed by atoms with Crippen LogP contribution in [0.3, 0.4) is 0 Å². The number of hydrogen-bond acceptors (Lipinski definition) is 4. The van der Waals surface area contributed by atoms with E-state index in [1.165, 1.54) is 10.4 Å². The van der Waals surface area contributed by atoms with E-state index < -0.39 is 10.0 Å². The number of carbonyl (C=O) groups excluding carboxylic acids is 1. The van der Waals surface area contributed by atoms with Crippen molar-refractivity contribution in [3.05, 3.63) is 23.8 Å². The van der Waals surface area contributed by atoms with Crippen LogP contribution in [0.15, 0.2) is 23.1 Å². The molecule has 3 N–H and O–H groups in total. The molecule has 1 fully saturated rings. The molecule has 0 aromatic heterocycles. The fraction of sp³-hybridized carbons (Fsp3) is 0.417. The molecule has 0 saturated carbocycles. The Kier molecular flexibility index (Phi) is 3.77. The van der Waals surface area contributed by atoms with E-state index in [4.69, 9.17) is 5.73 Å². The van der Waals surface area contributed by atoms with E-state index >= 15 is 0 Å². The number of aryl methyl sites for hydroxylation is 1. The zero-order chi connectivity index (χ0) is 14.0. The van der Waals surface area contributed by atoms with Crippen molar-refractivity contribution < 1.29 is 13.2 Å². The minimum atomic E-state index is -3.67. The lowest BCUT2D eigenvalue weighted by Crippen LogP contribution is -2.37. The second-order valence-corrected chi connectivity index (χ2v) is 6.56. The molecule has 0 unspecified atom stereocenters. The molecular weight excluding hydrogens is 266 g/mol. The van der Waals surface area contributed by atoms with Crippen LogP contribution in [0.25, 0.3) is 0 Å². The van der Waals surface area contributed by atoms with Gasteiger partial charge in [0.15, 0.2) is 0 Å². The molecule has 1 aromatic carbocycles. The number of amides is 1. The van der Waals surface area contributed by atoms with Gasteiger partial charge in [-0.3, -0.25) is 4.79 Å². The number of sulfonamides is 1. The van der Waals surface area contributed by atoms with Crippen LogP contribution in [0.2, 0.25) is 0 Å². The summed E-state index contributed by atoms with van der Waals surface area (Å²) >= 11 is 0. The summed E-state index contributed by atoms with van der Waals surface area (Å²) in [6, 6.07) is 4.69. The van der Waals surface area contributed by atoms with Gasteiger partial charge in [0.25, 0.3) is 0 Å². The summed E-state index contributed by atoms with van der Waals surface area (Å²) < 4.78 is 26.2. The smallest absolute Gasteiger partial charge is 0.243 e. The van der Waals surface area contributed by atoms with E-state index in [1.54, 1.807) is 19.1 Å². The largest absolute Gasteiger partial charge is 0.399 e. The lowest BCUT2D eigenvalue weighted by molar-refractivity contribution is -0.120. The summed E-state index contributed by atoms with van der Waals surface area (Å²) in [6.45, 7) is 2.47. The maximum atomic E-state index is 12.5. The molecule has 0 aliphatic carbocycles. The van der Waals surface area contributed by atoms with E-state index in [9.17, 15) is 13.2 Å². The molecule has 1 aliphatic heterocycles. The van der Waals surface area contributed by atoms with Gasteiger partial charge in [-0.1, -0.05) is 0 Å². The molecule has 2 rings (SSSR count). The molecule has 104 valence electrons. The molecule has 7 heteroatoms. The van der Waals surface area contributed by atoms with Gasteiger partial charge in [-0.25, -0.2) is 8.42 Å². The first-order valence-electron chi connectivity index (χ1n) is 6.03. The number of benzene rings is 1. The van der Waals surface area contributed by atoms with E-state index in [0.29, 0.717) is 25.2 Å². The van der Waals surface area contributed by atoms with Gasteiger partial charge in [0.1, 0.15) is 0 Å². The van der Waals surface area contributed by atoms with Crippen molar-refractivity contribution >= 4 is 21.6 Å². The lowest BCUT2D eigenvalue weighted by Gasteiger charge is -2.19. The lowest BCUT2D eigenvalue weighted by atomic mass is 10.2. The van der Waals surface area contributed by atoms with Gasteiger partial charge in [-0.15, -0.1) is 0 Å². The summed E-state index contributed by atoms with van der Waals surface area (Å²) in [5, 5.41) is 2.65. The molecule has 0 atom stereocenters. The van der Waals surface area contributed by atoms with E-state index in [1.807, 2.05) is 0 Å². The number of nitrogens with one attached hydrogen (secondary N) is 1. The third-order valence-corrected chi connectivity index (χ3v) is 4.76. The zero-order valence-corrected chi connectivity index (χ0v) is 11.5. The summed E-state index contributed by atoms with van der Waals surface area (Å²) in [5.74, 6) is -0.276. The van der Waals surface area contributed by atoms with Gasteiger partial charge in [0.05, 0.1) is 11.4 Å². The Bertz CT molecular complexity index is 578. The number of carbonyl (C=O) groups is 1. The van der Waals surface area contributed by atoms with Crippen LogP contribution < -0.4 is 11.1 Å². The van der Waals surface area contributed by atoms with Crippen molar-refractivity contribution in [1.29, 1.82) is 0 Å². The average Bonchev–Trinajstić information content (AvgIpc) is 2.53. The fourth-order valence-electron chi connectivity index (χ4n) is 2.06. The highest BCUT2D eigenvalue weighted by Gasteiger charge is 2.28. The average molecular weight is 283 g/mol. The van der Waals surface area contributed by atoms with Crippen molar-refractivity contribution in [2.75, 3.05) is 25.4 Å². The van der Waals surface area contributed by atoms with Crippen molar-refractivity contribution in [1.82, 2.24) is 9.62 Å². The standard InChI is InChI=1S/C12H17N3O3S/c1-9-5-10(13)7-11(6-9)19(17,18)15-4-2-3-14-12(16)8-15/h5-7H,2-4,8,13H2,1H3,(H,14,16). The van der Waals surface area contributed by atoms with Crippen molar-refractivity contribution in [2.24, 2.45) is 0 Å². The molecule has 1 aromatic rings. The molecule has 0 bridgehead atoms. The SMILES string of the molecule is Cc1cc(N)cc(S(=O)(=O)N2CCCNC(=O)C2)c1. The quantitative estimate of drug-likeness (QED) is 0.752. The molecule has 0 radical (unpaired) electrons. The van der Waals surface area contributed by atoms with Gasteiger partial charge < -0.3 is 11.1 Å². The normalized spacial score (nSPS) is 17.8. The van der Waals surface area contributed by atoms with Crippen LogP contribution in [0.5, 0.6) is 0 Å². The number of nitrogen functional groups attached to an aromatic ring is 1. The predicted molar refractivity (Wildman–Crippen MR) is 72.0 cm³/mol. The van der Waals surface area contributed by atoms with Crippen LogP contribution in [0.4, 0.5) is 5.69 Å². The highest BCUT2D eigenvalue weighted by atomic mass is 32.2. The highest BCUT2D eigenvalue weighted by Crippen LogP contribution is 2.21. The highest BCUT2D eigenvalue weighted by molar-refractivity contribution is 7.89. The molecule has 1 aliphatic rings. The third-order valence-electron chi connectivity index (χ3n) is 2.94. The van der Waals surface area contributed by atoms with Crippen molar-refractivity contribution in [3.63, 3.8) is 0 Å². The van der Waals surface area contributed by atoms with Gasteiger partial charge in [-0.2, -0.15) is 4.31 Å². The Labute approximate surface area is 112 Å². The summed E-state index contributed by atoms with van der Waals surface area (Å²) in [7, 11) is -3.67. The van der Waals surface area contributed by atoms with E-state index in [-0.39, 0.29) is 17.3 Å². The molecule has 0 spiro atoms. The van der Waals surface area contributed by atoms with Crippen LogP contribution in [-0.2, 0) is 14.8 Å². The first-order valence-corrected chi connectivity index (χ1v) is 7.47. The minimum absolute atomic E-state index is 0.139. The first kappa shape index (κ1) is 13.8. The molecular formula is C12H17N3O3S.